The van der Waals surface area contributed by atoms with Crippen LogP contribution in [0.2, 0.25) is 0 Å². The van der Waals surface area contributed by atoms with E-state index < -0.39 is 0 Å². The van der Waals surface area contributed by atoms with Crippen molar-refractivity contribution in [2.75, 3.05) is 5.32 Å². The number of imidazole rings is 1. The van der Waals surface area contributed by atoms with Crippen LogP contribution in [0.25, 0.3) is 5.65 Å². The zero-order chi connectivity index (χ0) is 23.4. The molecule has 4 rings (SSSR count). The average molecular weight is 459 g/mol. The van der Waals surface area contributed by atoms with Crippen LogP contribution in [0.15, 0.2) is 78.0 Å². The number of aryl methyl sites for hydroxylation is 1. The number of nitrogens with one attached hydrogen (secondary N) is 2. The third kappa shape index (κ3) is 5.62. The highest BCUT2D eigenvalue weighted by Crippen LogP contribution is 2.23. The van der Waals surface area contributed by atoms with Crippen molar-refractivity contribution in [1.29, 1.82) is 0 Å². The van der Waals surface area contributed by atoms with Crippen molar-refractivity contribution in [3.8, 4) is 0 Å². The molecule has 0 atom stereocenters. The van der Waals surface area contributed by atoms with E-state index in [0.717, 1.165) is 27.6 Å². The Morgan fingerprint density at radius 3 is 2.52 bits per heavy atom. The van der Waals surface area contributed by atoms with Crippen LogP contribution in [0.5, 0.6) is 0 Å². The number of carbonyl (C=O) groups is 2. The third-order valence-corrected chi connectivity index (χ3v) is 6.11. The Labute approximate surface area is 197 Å². The number of hydrogen-bond acceptors (Lipinski definition) is 4. The summed E-state index contributed by atoms with van der Waals surface area (Å²) in [4.78, 5) is 30.6. The van der Waals surface area contributed by atoms with E-state index >= 15 is 0 Å². The molecule has 7 heteroatoms. The lowest BCUT2D eigenvalue weighted by Gasteiger charge is -2.12. The maximum absolute atomic E-state index is 12.7. The summed E-state index contributed by atoms with van der Waals surface area (Å²) in [6, 6.07) is 18.8. The predicted molar refractivity (Wildman–Crippen MR) is 133 cm³/mol. The fraction of sp³-hybridized carbons (Fsp3) is 0.192. The molecule has 0 aliphatic rings. The van der Waals surface area contributed by atoms with Crippen LogP contribution >= 0.6 is 11.8 Å². The first kappa shape index (κ1) is 22.6. The Bertz CT molecular complexity index is 1260. The highest BCUT2D eigenvalue weighted by molar-refractivity contribution is 7.98. The van der Waals surface area contributed by atoms with Gasteiger partial charge in [-0.2, -0.15) is 0 Å². The van der Waals surface area contributed by atoms with Gasteiger partial charge in [0.05, 0.1) is 5.69 Å². The average Bonchev–Trinajstić information content (AvgIpc) is 3.20. The quantitative estimate of drug-likeness (QED) is 0.367. The highest BCUT2D eigenvalue weighted by atomic mass is 32.2. The van der Waals surface area contributed by atoms with Gasteiger partial charge in [0.1, 0.15) is 5.65 Å². The number of fused-ring (bicyclic) bond motifs is 1. The third-order valence-electron chi connectivity index (χ3n) is 5.07. The van der Waals surface area contributed by atoms with Crippen LogP contribution in [0.4, 0.5) is 5.69 Å². The molecule has 0 saturated carbocycles. The molecule has 0 radical (unpaired) electrons. The first-order chi connectivity index (χ1) is 15.9. The van der Waals surface area contributed by atoms with E-state index in [4.69, 9.17) is 0 Å². The van der Waals surface area contributed by atoms with Gasteiger partial charge in [-0.25, -0.2) is 4.98 Å². The number of thioether (sulfide) groups is 1. The molecular formula is C26H26N4O2S. The van der Waals surface area contributed by atoms with Gasteiger partial charge >= 0.3 is 0 Å². The zero-order valence-corrected chi connectivity index (χ0v) is 19.6. The van der Waals surface area contributed by atoms with Crippen molar-refractivity contribution in [2.45, 2.75) is 37.5 Å². The van der Waals surface area contributed by atoms with Crippen LogP contribution < -0.4 is 10.6 Å². The summed E-state index contributed by atoms with van der Waals surface area (Å²) in [5.41, 5.74) is 4.59. The van der Waals surface area contributed by atoms with Crippen molar-refractivity contribution in [1.82, 2.24) is 14.7 Å². The monoisotopic (exact) mass is 458 g/mol. The van der Waals surface area contributed by atoms with E-state index in [0.29, 0.717) is 16.8 Å². The van der Waals surface area contributed by atoms with Crippen LogP contribution in [0.3, 0.4) is 0 Å². The molecule has 2 aromatic heterocycles. The Kier molecular flexibility index (Phi) is 6.79. The van der Waals surface area contributed by atoms with Crippen molar-refractivity contribution in [3.05, 3.63) is 95.4 Å². The van der Waals surface area contributed by atoms with Crippen LogP contribution in [0.1, 0.15) is 45.8 Å². The van der Waals surface area contributed by atoms with Crippen LogP contribution in [0, 0.1) is 6.92 Å². The molecule has 0 fully saturated rings. The number of anilines is 1. The second-order valence-electron chi connectivity index (χ2n) is 8.12. The minimum Gasteiger partial charge on any atom is -0.350 e. The van der Waals surface area contributed by atoms with E-state index in [1.54, 1.807) is 23.9 Å². The van der Waals surface area contributed by atoms with Gasteiger partial charge in [0.2, 0.25) is 0 Å². The molecule has 0 saturated heterocycles. The summed E-state index contributed by atoms with van der Waals surface area (Å²) in [7, 11) is 0. The molecular weight excluding hydrogens is 432 g/mol. The maximum Gasteiger partial charge on any atom is 0.255 e. The molecule has 0 bridgehead atoms. The molecule has 33 heavy (non-hydrogen) atoms. The summed E-state index contributed by atoms with van der Waals surface area (Å²) < 4.78 is 2.01. The van der Waals surface area contributed by atoms with Crippen molar-refractivity contribution >= 4 is 34.9 Å². The van der Waals surface area contributed by atoms with Crippen LogP contribution in [-0.2, 0) is 5.75 Å². The summed E-state index contributed by atoms with van der Waals surface area (Å²) in [5.74, 6) is 0.450. The van der Waals surface area contributed by atoms with Gasteiger partial charge in [-0.3, -0.25) is 9.59 Å². The SMILES string of the molecule is Cc1cc(NC(=O)c2ccc(SCc3cn4ccccc4n3)cc2)ccc1C(=O)NC(C)C. The molecule has 6 nitrogen and oxygen atoms in total. The molecule has 2 N–H and O–H groups in total. The van der Waals surface area contributed by atoms with Gasteiger partial charge in [0.15, 0.2) is 0 Å². The number of pyridine rings is 1. The first-order valence-corrected chi connectivity index (χ1v) is 11.8. The molecule has 0 unspecified atom stereocenters. The predicted octanol–water partition coefficient (Wildman–Crippen LogP) is 5.33. The summed E-state index contributed by atoms with van der Waals surface area (Å²) >= 11 is 1.68. The second-order valence-corrected chi connectivity index (χ2v) is 9.17. The lowest BCUT2D eigenvalue weighted by atomic mass is 10.1. The van der Waals surface area contributed by atoms with Gasteiger partial charge in [-0.15, -0.1) is 11.8 Å². The smallest absolute Gasteiger partial charge is 0.255 e. The maximum atomic E-state index is 12.7. The Morgan fingerprint density at radius 1 is 1.03 bits per heavy atom. The van der Waals surface area contributed by atoms with E-state index in [1.165, 1.54) is 0 Å². The number of nitrogens with zero attached hydrogens (tertiary/aromatic N) is 2. The molecule has 168 valence electrons. The minimum atomic E-state index is -0.189. The van der Waals surface area contributed by atoms with Gasteiger partial charge < -0.3 is 15.0 Å². The van der Waals surface area contributed by atoms with E-state index in [1.807, 2.05) is 86.1 Å². The fourth-order valence-corrected chi connectivity index (χ4v) is 4.24. The standard InChI is InChI=1S/C26H26N4O2S/c1-17(2)27-26(32)23-12-9-20(14-18(23)3)29-25(31)19-7-10-22(11-8-19)33-16-21-15-30-13-5-4-6-24(30)28-21/h4-15,17H,16H2,1-3H3,(H,27,32)(H,29,31). The van der Waals surface area contributed by atoms with Gasteiger partial charge in [0.25, 0.3) is 11.8 Å². The number of benzene rings is 2. The van der Waals surface area contributed by atoms with Crippen molar-refractivity contribution in [2.24, 2.45) is 0 Å². The number of carbonyl (C=O) groups excluding carboxylic acids is 2. The molecule has 2 aromatic carbocycles. The lowest BCUT2D eigenvalue weighted by Crippen LogP contribution is -2.30. The molecule has 2 heterocycles. The molecule has 0 aliphatic carbocycles. The second kappa shape index (κ2) is 9.92. The topological polar surface area (TPSA) is 75.5 Å². The number of aromatic nitrogens is 2. The number of amides is 2. The zero-order valence-electron chi connectivity index (χ0n) is 18.8. The van der Waals surface area contributed by atoms with E-state index in [9.17, 15) is 9.59 Å². The molecule has 2 amide bonds. The normalized spacial score (nSPS) is 11.0. The Balaban J connectivity index is 1.36. The van der Waals surface area contributed by atoms with Crippen molar-refractivity contribution < 1.29 is 9.59 Å². The Hall–Kier alpha value is -3.58. The largest absolute Gasteiger partial charge is 0.350 e. The van der Waals surface area contributed by atoms with E-state index in [2.05, 4.69) is 15.6 Å². The number of hydrogen-bond donors (Lipinski definition) is 2. The van der Waals surface area contributed by atoms with Gasteiger partial charge in [-0.1, -0.05) is 6.07 Å². The summed E-state index contributed by atoms with van der Waals surface area (Å²) in [5, 5.41) is 5.79. The van der Waals surface area contributed by atoms with Gasteiger partial charge in [0, 0.05) is 45.9 Å². The lowest BCUT2D eigenvalue weighted by molar-refractivity contribution is 0.0942. The van der Waals surface area contributed by atoms with Crippen molar-refractivity contribution in [3.63, 3.8) is 0 Å². The summed E-state index contributed by atoms with van der Waals surface area (Å²) in [6.07, 6.45) is 4.02. The Morgan fingerprint density at radius 2 is 1.82 bits per heavy atom. The highest BCUT2D eigenvalue weighted by Gasteiger charge is 2.12. The van der Waals surface area contributed by atoms with E-state index in [-0.39, 0.29) is 17.9 Å². The summed E-state index contributed by atoms with van der Waals surface area (Å²) in [6.45, 7) is 5.70. The fourth-order valence-electron chi connectivity index (χ4n) is 3.46. The molecule has 0 spiro atoms. The first-order valence-electron chi connectivity index (χ1n) is 10.8. The molecule has 4 aromatic rings. The molecule has 0 aliphatic heterocycles. The van der Waals surface area contributed by atoms with Gasteiger partial charge in [-0.05, 0) is 80.9 Å². The van der Waals surface area contributed by atoms with Crippen LogP contribution in [-0.4, -0.2) is 27.2 Å². The number of rotatable bonds is 7. The minimum absolute atomic E-state index is 0.0666.